The molecule has 1 saturated carbocycles. The van der Waals surface area contributed by atoms with Crippen molar-refractivity contribution >= 4 is 9.84 Å². The van der Waals surface area contributed by atoms with Gasteiger partial charge in [-0.05, 0) is 36.4 Å². The molecule has 1 atom stereocenters. The molecular weight excluding hydrogens is 258 g/mol. The van der Waals surface area contributed by atoms with Crippen LogP contribution in [0, 0.1) is 0 Å². The lowest BCUT2D eigenvalue weighted by Gasteiger charge is -2.30. The molecule has 0 aliphatic heterocycles. The van der Waals surface area contributed by atoms with Gasteiger partial charge in [0.1, 0.15) is 9.84 Å². The first-order chi connectivity index (χ1) is 9.01. The first-order valence-electron chi connectivity index (χ1n) is 7.01. The molecule has 3 nitrogen and oxygen atoms in total. The maximum atomic E-state index is 11.6. The molecule has 1 aromatic rings. The van der Waals surface area contributed by atoms with E-state index in [9.17, 15) is 8.42 Å². The molecule has 0 spiro atoms. The standard InChI is InChI=1S/C15H23NO2S/c1-3-16-15(11-19(2,17)18)14-10-5-4-9-13(14)12-7-6-8-12/h4-5,9-10,12,15-16H,3,6-8,11H2,1-2H3. The normalized spacial score (nSPS) is 18.0. The quantitative estimate of drug-likeness (QED) is 0.872. The number of hydrogen-bond acceptors (Lipinski definition) is 3. The summed E-state index contributed by atoms with van der Waals surface area (Å²) >= 11 is 0. The van der Waals surface area contributed by atoms with Gasteiger partial charge in [0.2, 0.25) is 0 Å². The third kappa shape index (κ3) is 3.80. The van der Waals surface area contributed by atoms with Gasteiger partial charge >= 0.3 is 0 Å². The lowest BCUT2D eigenvalue weighted by molar-refractivity contribution is 0.413. The summed E-state index contributed by atoms with van der Waals surface area (Å²) in [6.07, 6.45) is 5.06. The minimum absolute atomic E-state index is 0.0863. The van der Waals surface area contributed by atoms with Crippen molar-refractivity contribution in [1.82, 2.24) is 5.32 Å². The monoisotopic (exact) mass is 281 g/mol. The Morgan fingerprint density at radius 2 is 2.00 bits per heavy atom. The van der Waals surface area contributed by atoms with Gasteiger partial charge in [0.25, 0.3) is 0 Å². The van der Waals surface area contributed by atoms with Crippen LogP contribution in [0.1, 0.15) is 49.3 Å². The molecule has 0 aromatic heterocycles. The molecule has 19 heavy (non-hydrogen) atoms. The molecule has 0 saturated heterocycles. The fourth-order valence-electron chi connectivity index (χ4n) is 2.73. The lowest BCUT2D eigenvalue weighted by atomic mass is 9.77. The number of hydrogen-bond donors (Lipinski definition) is 1. The summed E-state index contributed by atoms with van der Waals surface area (Å²) in [5.74, 6) is 0.793. The van der Waals surface area contributed by atoms with Gasteiger partial charge in [-0.2, -0.15) is 0 Å². The molecule has 2 rings (SSSR count). The van der Waals surface area contributed by atoms with Crippen molar-refractivity contribution in [1.29, 1.82) is 0 Å². The molecule has 4 heteroatoms. The zero-order valence-electron chi connectivity index (χ0n) is 11.7. The van der Waals surface area contributed by atoms with Crippen LogP contribution in [-0.2, 0) is 9.84 Å². The van der Waals surface area contributed by atoms with Crippen molar-refractivity contribution in [2.24, 2.45) is 0 Å². The van der Waals surface area contributed by atoms with E-state index < -0.39 is 9.84 Å². The number of benzene rings is 1. The van der Waals surface area contributed by atoms with Crippen LogP contribution in [0.3, 0.4) is 0 Å². The van der Waals surface area contributed by atoms with Gasteiger partial charge in [0.05, 0.1) is 5.75 Å². The Hall–Kier alpha value is -0.870. The zero-order valence-corrected chi connectivity index (χ0v) is 12.5. The Morgan fingerprint density at radius 3 is 2.53 bits per heavy atom. The minimum atomic E-state index is -2.99. The van der Waals surface area contributed by atoms with E-state index in [-0.39, 0.29) is 11.8 Å². The second-order valence-corrected chi connectivity index (χ2v) is 7.64. The van der Waals surface area contributed by atoms with E-state index in [1.54, 1.807) is 0 Å². The molecule has 0 heterocycles. The molecule has 1 aliphatic rings. The summed E-state index contributed by atoms with van der Waals surface area (Å²) in [5, 5.41) is 3.32. The van der Waals surface area contributed by atoms with Gasteiger partial charge in [0, 0.05) is 12.3 Å². The predicted molar refractivity (Wildman–Crippen MR) is 79.2 cm³/mol. The highest BCUT2D eigenvalue weighted by Gasteiger charge is 2.26. The van der Waals surface area contributed by atoms with Crippen molar-refractivity contribution in [3.05, 3.63) is 35.4 Å². The molecular formula is C15H23NO2S. The van der Waals surface area contributed by atoms with E-state index in [1.165, 1.54) is 36.6 Å². The summed E-state index contributed by atoms with van der Waals surface area (Å²) in [4.78, 5) is 0. The lowest BCUT2D eigenvalue weighted by Crippen LogP contribution is -2.29. The van der Waals surface area contributed by atoms with Crippen molar-refractivity contribution in [3.63, 3.8) is 0 Å². The third-order valence-corrected chi connectivity index (χ3v) is 4.78. The fourth-order valence-corrected chi connectivity index (χ4v) is 3.63. The van der Waals surface area contributed by atoms with Gasteiger partial charge in [-0.15, -0.1) is 0 Å². The van der Waals surface area contributed by atoms with Crippen LogP contribution in [-0.4, -0.2) is 27.0 Å². The molecule has 0 radical (unpaired) electrons. The van der Waals surface area contributed by atoms with E-state index in [4.69, 9.17) is 0 Å². The fraction of sp³-hybridized carbons (Fsp3) is 0.600. The van der Waals surface area contributed by atoms with Crippen molar-refractivity contribution in [2.45, 2.75) is 38.1 Å². The average Bonchev–Trinajstić information content (AvgIpc) is 2.25. The van der Waals surface area contributed by atoms with Crippen LogP contribution in [0.2, 0.25) is 0 Å². The van der Waals surface area contributed by atoms with Crippen LogP contribution in [0.15, 0.2) is 24.3 Å². The van der Waals surface area contributed by atoms with Gasteiger partial charge in [-0.25, -0.2) is 8.42 Å². The van der Waals surface area contributed by atoms with Gasteiger partial charge in [0.15, 0.2) is 0 Å². The number of nitrogens with one attached hydrogen (secondary N) is 1. The summed E-state index contributed by atoms with van der Waals surface area (Å²) in [5.41, 5.74) is 2.50. The van der Waals surface area contributed by atoms with Gasteiger partial charge in [-0.3, -0.25) is 0 Å². The Kier molecular flexibility index (Phi) is 4.63. The Labute approximate surface area is 116 Å². The van der Waals surface area contributed by atoms with Crippen LogP contribution >= 0.6 is 0 Å². The number of rotatable bonds is 6. The van der Waals surface area contributed by atoms with Crippen LogP contribution in [0.5, 0.6) is 0 Å². The van der Waals surface area contributed by atoms with Crippen LogP contribution in [0.25, 0.3) is 0 Å². The summed E-state index contributed by atoms with van der Waals surface area (Å²) < 4.78 is 23.2. The summed E-state index contributed by atoms with van der Waals surface area (Å²) in [6.45, 7) is 2.79. The summed E-state index contributed by atoms with van der Waals surface area (Å²) in [7, 11) is -2.99. The molecule has 1 aromatic carbocycles. The van der Waals surface area contributed by atoms with Crippen molar-refractivity contribution < 1.29 is 8.42 Å². The Balaban J connectivity index is 2.29. The van der Waals surface area contributed by atoms with Crippen molar-refractivity contribution in [3.8, 4) is 0 Å². The Bertz CT molecular complexity index is 521. The van der Waals surface area contributed by atoms with E-state index >= 15 is 0 Å². The smallest absolute Gasteiger partial charge is 0.149 e. The van der Waals surface area contributed by atoms with Crippen LogP contribution < -0.4 is 5.32 Å². The average molecular weight is 281 g/mol. The van der Waals surface area contributed by atoms with E-state index in [0.29, 0.717) is 5.92 Å². The van der Waals surface area contributed by atoms with Gasteiger partial charge in [-0.1, -0.05) is 37.6 Å². The van der Waals surface area contributed by atoms with Crippen molar-refractivity contribution in [2.75, 3.05) is 18.6 Å². The molecule has 0 amide bonds. The predicted octanol–water partition coefficient (Wildman–Crippen LogP) is 2.65. The van der Waals surface area contributed by atoms with E-state index in [0.717, 1.165) is 6.54 Å². The third-order valence-electron chi connectivity index (χ3n) is 3.84. The zero-order chi connectivity index (χ0) is 13.9. The molecule has 1 N–H and O–H groups in total. The second kappa shape index (κ2) is 6.06. The molecule has 0 bridgehead atoms. The SMILES string of the molecule is CCNC(CS(C)(=O)=O)c1ccccc1C1CCC1. The highest BCUT2D eigenvalue weighted by atomic mass is 32.2. The van der Waals surface area contributed by atoms with E-state index in [1.807, 2.05) is 13.0 Å². The first-order valence-corrected chi connectivity index (χ1v) is 9.07. The highest BCUT2D eigenvalue weighted by molar-refractivity contribution is 7.90. The summed E-state index contributed by atoms with van der Waals surface area (Å²) in [6, 6.07) is 8.21. The van der Waals surface area contributed by atoms with Crippen LogP contribution in [0.4, 0.5) is 0 Å². The van der Waals surface area contributed by atoms with E-state index in [2.05, 4.69) is 23.5 Å². The Morgan fingerprint density at radius 1 is 1.32 bits per heavy atom. The molecule has 1 fully saturated rings. The first kappa shape index (κ1) is 14.5. The van der Waals surface area contributed by atoms with Gasteiger partial charge < -0.3 is 5.32 Å². The molecule has 1 aliphatic carbocycles. The number of sulfone groups is 1. The highest BCUT2D eigenvalue weighted by Crippen LogP contribution is 2.39. The molecule has 1 unspecified atom stereocenters. The largest absolute Gasteiger partial charge is 0.309 e. The minimum Gasteiger partial charge on any atom is -0.309 e. The maximum absolute atomic E-state index is 11.6. The topological polar surface area (TPSA) is 46.2 Å². The maximum Gasteiger partial charge on any atom is 0.149 e. The molecule has 106 valence electrons. The second-order valence-electron chi connectivity index (χ2n) is 5.46.